The van der Waals surface area contributed by atoms with Crippen molar-refractivity contribution < 1.29 is 64.6 Å². The van der Waals surface area contributed by atoms with Crippen molar-refractivity contribution in [1.29, 1.82) is 0 Å². The van der Waals surface area contributed by atoms with Crippen LogP contribution in [0.1, 0.15) is 264 Å². The van der Waals surface area contributed by atoms with Crippen molar-refractivity contribution in [2.75, 3.05) is 19.8 Å². The van der Waals surface area contributed by atoms with Gasteiger partial charge in [-0.1, -0.05) is 282 Å². The maximum absolute atomic E-state index is 13.3. The van der Waals surface area contributed by atoms with Crippen LogP contribution < -0.4 is 5.32 Å². The molecule has 14 nitrogen and oxygen atoms in total. The van der Waals surface area contributed by atoms with Gasteiger partial charge in [0, 0.05) is 6.42 Å². The molecule has 12 unspecified atom stereocenters. The molecule has 2 fully saturated rings. The highest BCUT2D eigenvalue weighted by Gasteiger charge is 2.51. The fourth-order valence-corrected chi connectivity index (χ4v) is 11.2. The van der Waals surface area contributed by atoms with Gasteiger partial charge >= 0.3 is 0 Å². The number of carbonyl (C=O) groups is 1. The van der Waals surface area contributed by atoms with E-state index in [9.17, 15) is 45.6 Å². The van der Waals surface area contributed by atoms with Crippen LogP contribution in [0.15, 0.2) is 134 Å². The summed E-state index contributed by atoms with van der Waals surface area (Å²) in [5, 5.41) is 87.4. The van der Waals surface area contributed by atoms with E-state index in [1.807, 2.05) is 6.08 Å². The van der Waals surface area contributed by atoms with Gasteiger partial charge in [0.15, 0.2) is 12.6 Å². The summed E-state index contributed by atoms with van der Waals surface area (Å²) in [5.41, 5.74) is 0. The first-order valence-electron chi connectivity index (χ1n) is 36.9. The van der Waals surface area contributed by atoms with Crippen molar-refractivity contribution in [2.24, 2.45) is 0 Å². The van der Waals surface area contributed by atoms with E-state index in [2.05, 4.69) is 141 Å². The van der Waals surface area contributed by atoms with Gasteiger partial charge in [0.1, 0.15) is 48.8 Å². The van der Waals surface area contributed by atoms with Crippen molar-refractivity contribution in [3.8, 4) is 0 Å². The van der Waals surface area contributed by atoms with Gasteiger partial charge in [-0.15, -0.1) is 0 Å². The van der Waals surface area contributed by atoms with Crippen LogP contribution in [-0.2, 0) is 23.7 Å². The normalized spacial score (nSPS) is 23.4. The maximum atomic E-state index is 13.3. The molecular weight excluding hydrogens is 1170 g/mol. The van der Waals surface area contributed by atoms with Crippen LogP contribution in [0.2, 0.25) is 0 Å². The lowest BCUT2D eigenvalue weighted by Gasteiger charge is -2.46. The molecule has 14 heteroatoms. The van der Waals surface area contributed by atoms with E-state index in [1.165, 1.54) is 135 Å². The highest BCUT2D eigenvalue weighted by Crippen LogP contribution is 2.30. The maximum Gasteiger partial charge on any atom is 0.220 e. The molecule has 0 aromatic carbocycles. The Hall–Kier alpha value is -3.87. The lowest BCUT2D eigenvalue weighted by Crippen LogP contribution is -2.65. The summed E-state index contributed by atoms with van der Waals surface area (Å²) in [4.78, 5) is 13.3. The molecule has 2 aliphatic rings. The lowest BCUT2D eigenvalue weighted by atomic mass is 9.97. The highest BCUT2D eigenvalue weighted by molar-refractivity contribution is 5.76. The molecule has 0 aromatic heterocycles. The summed E-state index contributed by atoms with van der Waals surface area (Å²) < 4.78 is 22.8. The van der Waals surface area contributed by atoms with Gasteiger partial charge in [-0.25, -0.2) is 0 Å². The zero-order chi connectivity index (χ0) is 67.3. The van der Waals surface area contributed by atoms with Crippen LogP contribution in [0.3, 0.4) is 0 Å². The molecule has 0 aliphatic carbocycles. The number of rotatable bonds is 59. The van der Waals surface area contributed by atoms with Gasteiger partial charge in [-0.05, 0) is 109 Å². The Morgan fingerprint density at radius 1 is 0.398 bits per heavy atom. The van der Waals surface area contributed by atoms with E-state index >= 15 is 0 Å². The molecule has 2 aliphatic heterocycles. The predicted molar refractivity (Wildman–Crippen MR) is 382 cm³/mol. The monoisotopic (exact) mass is 1300 g/mol. The largest absolute Gasteiger partial charge is 0.394 e. The van der Waals surface area contributed by atoms with E-state index in [-0.39, 0.29) is 18.9 Å². The fraction of sp³-hybridized carbons (Fsp3) is 0.709. The van der Waals surface area contributed by atoms with E-state index < -0.39 is 86.8 Å². The van der Waals surface area contributed by atoms with E-state index in [4.69, 9.17) is 18.9 Å². The van der Waals surface area contributed by atoms with Gasteiger partial charge in [0.25, 0.3) is 0 Å². The minimum Gasteiger partial charge on any atom is -0.394 e. The molecular formula is C79H133NO13. The van der Waals surface area contributed by atoms with Crippen LogP contribution in [0.5, 0.6) is 0 Å². The van der Waals surface area contributed by atoms with Crippen LogP contribution >= 0.6 is 0 Å². The highest BCUT2D eigenvalue weighted by atomic mass is 16.7. The molecule has 9 N–H and O–H groups in total. The van der Waals surface area contributed by atoms with Crippen LogP contribution in [0, 0.1) is 0 Å². The first-order valence-corrected chi connectivity index (χ1v) is 36.9. The molecule has 0 spiro atoms. The van der Waals surface area contributed by atoms with Crippen molar-refractivity contribution in [3.63, 3.8) is 0 Å². The Labute approximate surface area is 564 Å². The minimum atomic E-state index is -1.80. The van der Waals surface area contributed by atoms with Crippen molar-refractivity contribution in [1.82, 2.24) is 5.32 Å². The number of carbonyl (C=O) groups excluding carboxylic acids is 1. The molecule has 0 radical (unpaired) electrons. The average molecular weight is 1300 g/mol. The van der Waals surface area contributed by atoms with E-state index in [1.54, 1.807) is 6.08 Å². The van der Waals surface area contributed by atoms with Crippen LogP contribution in [0.4, 0.5) is 0 Å². The molecule has 0 saturated carbocycles. The Balaban J connectivity index is 1.61. The number of ether oxygens (including phenoxy) is 4. The van der Waals surface area contributed by atoms with Crippen LogP contribution in [0.25, 0.3) is 0 Å². The van der Waals surface area contributed by atoms with Crippen molar-refractivity contribution in [2.45, 2.75) is 338 Å². The quantitative estimate of drug-likeness (QED) is 0.0204. The summed E-state index contributed by atoms with van der Waals surface area (Å²) in [7, 11) is 0. The van der Waals surface area contributed by atoms with Gasteiger partial charge in [-0.3, -0.25) is 4.79 Å². The zero-order valence-electron chi connectivity index (χ0n) is 57.9. The minimum absolute atomic E-state index is 0.256. The first-order chi connectivity index (χ1) is 45.6. The van der Waals surface area contributed by atoms with Crippen molar-refractivity contribution >= 4 is 5.91 Å². The Morgan fingerprint density at radius 2 is 0.753 bits per heavy atom. The molecule has 93 heavy (non-hydrogen) atoms. The lowest BCUT2D eigenvalue weighted by molar-refractivity contribution is -0.359. The molecule has 2 saturated heterocycles. The van der Waals surface area contributed by atoms with Gasteiger partial charge < -0.3 is 65.1 Å². The third-order valence-corrected chi connectivity index (χ3v) is 17.0. The third kappa shape index (κ3) is 45.3. The number of aliphatic hydroxyl groups excluding tert-OH is 8. The topological polar surface area (TPSA) is 228 Å². The molecule has 1 amide bonds. The van der Waals surface area contributed by atoms with Crippen molar-refractivity contribution in [3.05, 3.63) is 134 Å². The second kappa shape index (κ2) is 61.7. The number of hydrogen-bond donors (Lipinski definition) is 9. The average Bonchev–Trinajstić information content (AvgIpc) is 0.958. The SMILES string of the molecule is CC/C=C\C/C=C\C/C=C\C/C=C\C/C=C\C/C=C\C/C=C\C/C=C\CCCCCCCCCCCCCCCCCCC(=O)NC(COC1OC(CO)C(OC2OC(CO)C(O)C(O)C2O)C(O)C1O)C(O)/C=C/CC/C=C/CC/C=C/CCCCCCCCCC. The van der Waals surface area contributed by atoms with E-state index in [0.717, 1.165) is 96.3 Å². The smallest absolute Gasteiger partial charge is 0.220 e. The first kappa shape index (κ1) is 85.2. The van der Waals surface area contributed by atoms with Gasteiger partial charge in [0.2, 0.25) is 5.91 Å². The van der Waals surface area contributed by atoms with Gasteiger partial charge in [0.05, 0.1) is 32.0 Å². The molecule has 2 heterocycles. The third-order valence-electron chi connectivity index (χ3n) is 17.0. The van der Waals surface area contributed by atoms with Gasteiger partial charge in [-0.2, -0.15) is 0 Å². The number of aliphatic hydroxyl groups is 8. The predicted octanol–water partition coefficient (Wildman–Crippen LogP) is 15.8. The number of unbranched alkanes of at least 4 members (excludes halogenated alkanes) is 26. The summed E-state index contributed by atoms with van der Waals surface area (Å²) in [6.45, 7) is 2.66. The Morgan fingerprint density at radius 3 is 1.18 bits per heavy atom. The molecule has 0 aromatic rings. The number of hydrogen-bond acceptors (Lipinski definition) is 13. The van der Waals surface area contributed by atoms with Crippen LogP contribution in [-0.4, -0.2) is 140 Å². The van der Waals surface area contributed by atoms with E-state index in [0.29, 0.717) is 12.8 Å². The number of amides is 1. The molecule has 0 bridgehead atoms. The zero-order valence-corrected chi connectivity index (χ0v) is 57.9. The molecule has 532 valence electrons. The summed E-state index contributed by atoms with van der Waals surface area (Å²) in [5.74, 6) is -0.256. The Kier molecular flexibility index (Phi) is 56.5. The summed E-state index contributed by atoms with van der Waals surface area (Å²) in [6, 6.07) is -0.945. The summed E-state index contributed by atoms with van der Waals surface area (Å²) >= 11 is 0. The number of allylic oxidation sites excluding steroid dienone is 21. The Bertz CT molecular complexity index is 2070. The standard InChI is InChI=1S/C79H133NO13/c1-3-5-7-9-11-13-15-17-19-21-23-24-25-26-27-28-29-30-31-32-33-34-35-36-37-38-39-40-41-42-43-44-45-47-49-51-53-55-57-59-61-63-71(84)80-67(68(83)62-60-58-56-54-52-50-48-46-22-20-18-16-14-12-10-8-6-4-2)66-90-78-76(89)74(87)77(70(65-82)92-78)93-79-75(88)73(86)72(85)69(64-81)91-79/h5,7,11,13,17,19,22-24,26-27,29-30,32-33,35-36,46,52,54,60,62,67-70,72-79,81-83,85-89H,3-4,6,8-10,12,14-16,18,20-21,25,28,31,34,37-45,47-51,53,55-59,61,63-66H2,1-2H3,(H,80,84)/b7-5-,13-11-,19-17-,24-23-,27-26-,30-29-,33-32-,36-35-,46-22+,54-52+,62-60+. The number of nitrogens with one attached hydrogen (secondary N) is 1. The molecule has 2 rings (SSSR count). The second-order valence-corrected chi connectivity index (χ2v) is 25.3. The summed E-state index contributed by atoms with van der Waals surface area (Å²) in [6.07, 6.45) is 75.2. The molecule has 12 atom stereocenters. The fourth-order valence-electron chi connectivity index (χ4n) is 11.2. The second-order valence-electron chi connectivity index (χ2n) is 25.3.